The number of cyclic esters (lactones) is 1. The van der Waals surface area contributed by atoms with Gasteiger partial charge in [-0.3, -0.25) is 4.90 Å². The van der Waals surface area contributed by atoms with Gasteiger partial charge in [0.25, 0.3) is 0 Å². The second-order valence-electron chi connectivity index (χ2n) is 5.17. The van der Waals surface area contributed by atoms with E-state index in [1.807, 2.05) is 44.2 Å². The van der Waals surface area contributed by atoms with E-state index in [9.17, 15) is 9.59 Å². The highest BCUT2D eigenvalue weighted by atomic mass is 16.6. The molecule has 1 aromatic rings. The van der Waals surface area contributed by atoms with E-state index < -0.39 is 24.2 Å². The summed E-state index contributed by atoms with van der Waals surface area (Å²) >= 11 is 0. The van der Waals surface area contributed by atoms with Crippen LogP contribution in [0, 0.1) is 5.92 Å². The number of carbonyl (C=O) groups is 2. The summed E-state index contributed by atoms with van der Waals surface area (Å²) < 4.78 is 10.1. The number of hydrogen-bond donors (Lipinski definition) is 0. The van der Waals surface area contributed by atoms with Gasteiger partial charge in [-0.25, -0.2) is 9.59 Å². The molecule has 0 unspecified atom stereocenters. The highest BCUT2D eigenvalue weighted by Crippen LogP contribution is 2.27. The first-order valence-corrected chi connectivity index (χ1v) is 6.63. The van der Waals surface area contributed by atoms with E-state index in [1.165, 1.54) is 12.0 Å². The summed E-state index contributed by atoms with van der Waals surface area (Å²) in [5.41, 5.74) is 0.947. The van der Waals surface area contributed by atoms with Gasteiger partial charge in [-0.1, -0.05) is 44.2 Å². The van der Waals surface area contributed by atoms with Gasteiger partial charge in [-0.2, -0.15) is 0 Å². The summed E-state index contributed by atoms with van der Waals surface area (Å²) in [5, 5.41) is 0. The molecule has 1 aliphatic heterocycles. The number of hydrogen-bond acceptors (Lipinski definition) is 4. The molecule has 0 aliphatic carbocycles. The van der Waals surface area contributed by atoms with Crippen LogP contribution in [0.3, 0.4) is 0 Å². The molecule has 108 valence electrons. The maximum Gasteiger partial charge on any atom is 0.411 e. The third-order valence-corrected chi connectivity index (χ3v) is 3.41. The first-order chi connectivity index (χ1) is 9.54. The van der Waals surface area contributed by atoms with Crippen LogP contribution >= 0.6 is 0 Å². The van der Waals surface area contributed by atoms with Crippen molar-refractivity contribution in [2.45, 2.75) is 32.5 Å². The molecule has 2 rings (SSSR count). The molecule has 0 N–H and O–H groups in total. The van der Waals surface area contributed by atoms with Crippen LogP contribution in [0.1, 0.15) is 19.4 Å². The quantitative estimate of drug-likeness (QED) is 0.792. The molecule has 1 aromatic carbocycles. The smallest absolute Gasteiger partial charge is 0.411 e. The third kappa shape index (κ3) is 2.76. The van der Waals surface area contributed by atoms with Gasteiger partial charge in [0.2, 0.25) is 0 Å². The fourth-order valence-electron chi connectivity index (χ4n) is 2.37. The van der Waals surface area contributed by atoms with Crippen molar-refractivity contribution in [3.63, 3.8) is 0 Å². The average Bonchev–Trinajstić information content (AvgIpc) is 2.77. The molecule has 0 aromatic heterocycles. The zero-order valence-corrected chi connectivity index (χ0v) is 11.9. The minimum atomic E-state index is -0.687. The molecular weight excluding hydrogens is 258 g/mol. The van der Waals surface area contributed by atoms with E-state index >= 15 is 0 Å². The van der Waals surface area contributed by atoms with E-state index in [2.05, 4.69) is 0 Å². The Labute approximate surface area is 118 Å². The molecule has 0 bridgehead atoms. The van der Waals surface area contributed by atoms with Gasteiger partial charge < -0.3 is 9.47 Å². The Morgan fingerprint density at radius 2 is 2.00 bits per heavy atom. The lowest BCUT2D eigenvalue weighted by atomic mass is 9.99. The van der Waals surface area contributed by atoms with Gasteiger partial charge in [0.05, 0.1) is 13.7 Å². The molecule has 0 radical (unpaired) electrons. The third-order valence-electron chi connectivity index (χ3n) is 3.41. The molecule has 20 heavy (non-hydrogen) atoms. The maximum absolute atomic E-state index is 12.0. The second kappa shape index (κ2) is 5.94. The minimum absolute atomic E-state index is 0.0452. The summed E-state index contributed by atoms with van der Waals surface area (Å²) in [6.45, 7) is 4.17. The topological polar surface area (TPSA) is 55.8 Å². The van der Waals surface area contributed by atoms with E-state index in [0.29, 0.717) is 6.54 Å². The first kappa shape index (κ1) is 14.4. The van der Waals surface area contributed by atoms with Gasteiger partial charge in [0, 0.05) is 0 Å². The van der Waals surface area contributed by atoms with Crippen molar-refractivity contribution in [1.82, 2.24) is 4.90 Å². The van der Waals surface area contributed by atoms with Crippen molar-refractivity contribution >= 4 is 12.1 Å². The second-order valence-corrected chi connectivity index (χ2v) is 5.17. The van der Waals surface area contributed by atoms with Crippen LogP contribution in [0.5, 0.6) is 0 Å². The van der Waals surface area contributed by atoms with Gasteiger partial charge in [-0.15, -0.1) is 0 Å². The number of nitrogens with zero attached hydrogens (tertiary/aromatic N) is 1. The van der Waals surface area contributed by atoms with Gasteiger partial charge in [-0.05, 0) is 11.5 Å². The monoisotopic (exact) mass is 277 g/mol. The van der Waals surface area contributed by atoms with Crippen LogP contribution in [0.4, 0.5) is 4.79 Å². The van der Waals surface area contributed by atoms with Crippen molar-refractivity contribution < 1.29 is 19.1 Å². The van der Waals surface area contributed by atoms with Crippen LogP contribution in [-0.2, 0) is 20.8 Å². The van der Waals surface area contributed by atoms with Crippen molar-refractivity contribution in [3.05, 3.63) is 35.9 Å². The normalized spacial score (nSPS) is 22.0. The molecule has 5 nitrogen and oxygen atoms in total. The van der Waals surface area contributed by atoms with Gasteiger partial charge in [0.1, 0.15) is 6.10 Å². The zero-order chi connectivity index (χ0) is 14.7. The van der Waals surface area contributed by atoms with Crippen LogP contribution < -0.4 is 0 Å². The highest BCUT2D eigenvalue weighted by molar-refractivity contribution is 5.85. The Balaban J connectivity index is 2.24. The average molecular weight is 277 g/mol. The summed E-state index contributed by atoms with van der Waals surface area (Å²) in [7, 11) is 1.32. The van der Waals surface area contributed by atoms with Crippen molar-refractivity contribution in [2.75, 3.05) is 7.11 Å². The SMILES string of the molecule is COC(=O)[C@H]1[C@H](C(C)C)OC(=O)N1Cc1ccccc1. The standard InChI is InChI=1S/C15H19NO4/c1-10(2)13-12(14(17)19-3)16(15(18)20-13)9-11-7-5-4-6-8-11/h4-8,10,12-13H,9H2,1-3H3/t12-,13+/m1/s1. The van der Waals surface area contributed by atoms with Crippen LogP contribution in [0.25, 0.3) is 0 Å². The zero-order valence-electron chi connectivity index (χ0n) is 11.9. The van der Waals surface area contributed by atoms with Crippen LogP contribution in [-0.4, -0.2) is 36.2 Å². The summed E-state index contributed by atoms with van der Waals surface area (Å²) in [6.07, 6.45) is -0.943. The Bertz CT molecular complexity index is 486. The van der Waals surface area contributed by atoms with E-state index in [4.69, 9.17) is 9.47 Å². The van der Waals surface area contributed by atoms with E-state index in [-0.39, 0.29) is 5.92 Å². The van der Waals surface area contributed by atoms with Gasteiger partial charge >= 0.3 is 12.1 Å². The fraction of sp³-hybridized carbons (Fsp3) is 0.467. The predicted molar refractivity (Wildman–Crippen MR) is 72.9 cm³/mol. The van der Waals surface area contributed by atoms with Gasteiger partial charge in [0.15, 0.2) is 6.04 Å². The Hall–Kier alpha value is -2.04. The molecular formula is C15H19NO4. The number of esters is 1. The lowest BCUT2D eigenvalue weighted by Crippen LogP contribution is -2.44. The number of carbonyl (C=O) groups excluding carboxylic acids is 2. The number of benzene rings is 1. The Kier molecular flexibility index (Phi) is 4.27. The number of methoxy groups -OCH3 is 1. The maximum atomic E-state index is 12.0. The predicted octanol–water partition coefficient (Wildman–Crippen LogP) is 2.21. The Morgan fingerprint density at radius 3 is 2.55 bits per heavy atom. The van der Waals surface area contributed by atoms with E-state index in [1.54, 1.807) is 0 Å². The molecule has 1 heterocycles. The summed E-state index contributed by atoms with van der Waals surface area (Å²) in [4.78, 5) is 25.4. The lowest BCUT2D eigenvalue weighted by molar-refractivity contribution is -0.147. The summed E-state index contributed by atoms with van der Waals surface area (Å²) in [6, 6.07) is 8.82. The lowest BCUT2D eigenvalue weighted by Gasteiger charge is -2.24. The van der Waals surface area contributed by atoms with E-state index in [0.717, 1.165) is 5.56 Å². The molecule has 0 spiro atoms. The highest BCUT2D eigenvalue weighted by Gasteiger charge is 2.48. The molecule has 1 saturated heterocycles. The summed E-state index contributed by atoms with van der Waals surface area (Å²) in [5.74, 6) is -0.394. The van der Waals surface area contributed by atoms with Crippen LogP contribution in [0.15, 0.2) is 30.3 Å². The fourth-order valence-corrected chi connectivity index (χ4v) is 2.37. The van der Waals surface area contributed by atoms with Crippen molar-refractivity contribution in [2.24, 2.45) is 5.92 Å². The molecule has 1 aliphatic rings. The van der Waals surface area contributed by atoms with Crippen LogP contribution in [0.2, 0.25) is 0 Å². The molecule has 2 atom stereocenters. The molecule has 1 fully saturated rings. The van der Waals surface area contributed by atoms with Crippen molar-refractivity contribution in [3.8, 4) is 0 Å². The largest absolute Gasteiger partial charge is 0.467 e. The first-order valence-electron chi connectivity index (χ1n) is 6.63. The molecule has 1 amide bonds. The van der Waals surface area contributed by atoms with Crippen molar-refractivity contribution in [1.29, 1.82) is 0 Å². The number of ether oxygens (including phenoxy) is 2. The number of rotatable bonds is 4. The molecule has 0 saturated carbocycles. The number of amides is 1. The molecule has 5 heteroatoms. The minimum Gasteiger partial charge on any atom is -0.467 e. The Morgan fingerprint density at radius 1 is 1.35 bits per heavy atom.